The van der Waals surface area contributed by atoms with Crippen LogP contribution in [0.25, 0.3) is 0 Å². The van der Waals surface area contributed by atoms with Crippen LogP contribution < -0.4 is 4.74 Å². The minimum Gasteiger partial charge on any atom is -0.486 e. The number of aliphatic hydroxyl groups is 3. The fourth-order valence-corrected chi connectivity index (χ4v) is 9.13. The van der Waals surface area contributed by atoms with Crippen LogP contribution in [0.15, 0.2) is 24.3 Å². The van der Waals surface area contributed by atoms with E-state index in [1.165, 1.54) is 6.92 Å². The van der Waals surface area contributed by atoms with Gasteiger partial charge in [-0.15, -0.1) is 0 Å². The van der Waals surface area contributed by atoms with E-state index in [9.17, 15) is 29.7 Å². The molecule has 7 rings (SSSR count). The van der Waals surface area contributed by atoms with Crippen molar-refractivity contribution in [1.29, 1.82) is 0 Å². The van der Waals surface area contributed by atoms with Crippen LogP contribution in [-0.4, -0.2) is 81.2 Å². The zero-order chi connectivity index (χ0) is 27.4. The number of fused-ring (bicyclic) bond motifs is 1. The first-order chi connectivity index (χ1) is 17.7. The van der Waals surface area contributed by atoms with Gasteiger partial charge >= 0.3 is 17.9 Å². The number of esters is 3. The molecule has 2 aliphatic carbocycles. The topological polar surface area (TPSA) is 158 Å². The molecule has 4 aliphatic heterocycles. The molecule has 2 saturated carbocycles. The van der Waals surface area contributed by atoms with Gasteiger partial charge in [-0.3, -0.25) is 4.79 Å². The molecule has 4 saturated heterocycles. The predicted octanol–water partition coefficient (Wildman–Crippen LogP) is -0.00358. The molecule has 0 bridgehead atoms. The number of aliphatic hydroxyl groups excluding tert-OH is 2. The zero-order valence-corrected chi connectivity index (χ0v) is 21.5. The summed E-state index contributed by atoms with van der Waals surface area (Å²) in [6.45, 7) is 8.94. The highest BCUT2D eigenvalue weighted by Gasteiger charge is 3.05. The monoisotopic (exact) mass is 530 g/mol. The van der Waals surface area contributed by atoms with Crippen molar-refractivity contribution in [1.82, 2.24) is 0 Å². The highest BCUT2D eigenvalue weighted by molar-refractivity contribution is 5.94. The number of ether oxygens (including phenoxy) is 5. The fourth-order valence-electron chi connectivity index (χ4n) is 9.13. The molecule has 38 heavy (non-hydrogen) atoms. The largest absolute Gasteiger partial charge is 0.486 e. The third kappa shape index (κ3) is 2.07. The Morgan fingerprint density at radius 2 is 1.61 bits per heavy atom. The first kappa shape index (κ1) is 24.3. The molecular weight excluding hydrogens is 500 g/mol. The maximum Gasteiger partial charge on any atom is 0.343 e. The molecule has 11 nitrogen and oxygen atoms in total. The SMILES string of the molecule is Cc1ccc(O[C@H]2[C@H]3OC(=O)[C@@]45O[C@@H]6OC(=O)[C@H](O)[C@]6([C@@H]2C(C)(C)C)[C@@]34[C@@H](O)[C@@H]2OC(=O)[C@@H](C)[C@@]25O)cc1. The van der Waals surface area contributed by atoms with E-state index in [0.717, 1.165) is 5.56 Å². The Morgan fingerprint density at radius 3 is 2.24 bits per heavy atom. The molecule has 6 fully saturated rings. The van der Waals surface area contributed by atoms with E-state index < -0.39 is 94.0 Å². The van der Waals surface area contributed by atoms with Crippen molar-refractivity contribution in [2.24, 2.45) is 28.1 Å². The lowest BCUT2D eigenvalue weighted by molar-refractivity contribution is -0.240. The number of hydrogen-bond donors (Lipinski definition) is 3. The van der Waals surface area contributed by atoms with Gasteiger partial charge in [-0.1, -0.05) is 38.5 Å². The van der Waals surface area contributed by atoms with Crippen molar-refractivity contribution in [3.05, 3.63) is 29.8 Å². The standard InChI is InChI=1S/C27H30O11/c1-10-6-8-12(9-7-10)34-13-14(23(3,4)5)24-16(29)20(31)37-22(24)38-27-21(32)36-17(13)25(24,27)15(28)18-26(27,33)11(2)19(30)35-18/h6-9,11,13-18,22,28-29,33H,1-5H3/t11-,13-,14+,15+,16+,17-,18+,22+,24+,25-,26-,27-/m1/s1. The van der Waals surface area contributed by atoms with Crippen LogP contribution in [0.5, 0.6) is 5.75 Å². The minimum absolute atomic E-state index is 0.444. The van der Waals surface area contributed by atoms with E-state index in [-0.39, 0.29) is 0 Å². The number of carbonyl (C=O) groups excluding carboxylic acids is 3. The van der Waals surface area contributed by atoms with Gasteiger partial charge in [0.05, 0.1) is 16.7 Å². The summed E-state index contributed by atoms with van der Waals surface area (Å²) in [5, 5.41) is 36.0. The highest BCUT2D eigenvalue weighted by Crippen LogP contribution is 2.84. The lowest BCUT2D eigenvalue weighted by Crippen LogP contribution is -2.67. The second-order valence-corrected chi connectivity index (χ2v) is 12.7. The maximum absolute atomic E-state index is 13.9. The Balaban J connectivity index is 1.54. The molecule has 0 aromatic heterocycles. The van der Waals surface area contributed by atoms with Gasteiger partial charge in [0, 0.05) is 5.92 Å². The van der Waals surface area contributed by atoms with Crippen LogP contribution in [0.1, 0.15) is 33.3 Å². The highest BCUT2D eigenvalue weighted by atomic mass is 16.8. The molecule has 204 valence electrons. The molecular formula is C27H30O11. The molecule has 1 aromatic rings. The molecule has 4 heterocycles. The van der Waals surface area contributed by atoms with Crippen molar-refractivity contribution < 1.29 is 53.4 Å². The molecule has 3 N–H and O–H groups in total. The third-order valence-corrected chi connectivity index (χ3v) is 10.2. The molecule has 0 unspecified atom stereocenters. The van der Waals surface area contributed by atoms with Gasteiger partial charge in [0.15, 0.2) is 23.9 Å². The Kier molecular flexibility index (Phi) is 4.29. The number of aryl methyl sites for hydroxylation is 1. The van der Waals surface area contributed by atoms with Gasteiger partial charge in [0.25, 0.3) is 0 Å². The summed E-state index contributed by atoms with van der Waals surface area (Å²) in [7, 11) is 0. The van der Waals surface area contributed by atoms with E-state index >= 15 is 0 Å². The molecule has 12 atom stereocenters. The molecule has 1 aromatic carbocycles. The molecule has 2 spiro atoms. The number of benzene rings is 1. The van der Waals surface area contributed by atoms with Crippen LogP contribution >= 0.6 is 0 Å². The first-order valence-corrected chi connectivity index (χ1v) is 12.8. The van der Waals surface area contributed by atoms with Crippen molar-refractivity contribution >= 4 is 17.9 Å². The summed E-state index contributed by atoms with van der Waals surface area (Å²) in [6, 6.07) is 7.20. The van der Waals surface area contributed by atoms with Gasteiger partial charge in [-0.2, -0.15) is 0 Å². The van der Waals surface area contributed by atoms with Crippen LogP contribution in [0.3, 0.4) is 0 Å². The van der Waals surface area contributed by atoms with Crippen LogP contribution in [0, 0.1) is 35.0 Å². The van der Waals surface area contributed by atoms with E-state index in [0.29, 0.717) is 5.75 Å². The number of hydrogen-bond acceptors (Lipinski definition) is 11. The van der Waals surface area contributed by atoms with E-state index in [1.807, 2.05) is 39.8 Å². The normalized spacial score (nSPS) is 51.7. The lowest BCUT2D eigenvalue weighted by atomic mass is 9.51. The average Bonchev–Trinajstić information content (AvgIpc) is 3.54. The minimum atomic E-state index is -2.37. The fraction of sp³-hybridized carbons (Fsp3) is 0.667. The zero-order valence-electron chi connectivity index (χ0n) is 21.5. The Hall–Kier alpha value is -2.73. The predicted molar refractivity (Wildman–Crippen MR) is 123 cm³/mol. The Labute approximate surface area is 217 Å². The average molecular weight is 531 g/mol. The molecule has 0 amide bonds. The number of carbonyl (C=O) groups is 3. The Morgan fingerprint density at radius 1 is 0.947 bits per heavy atom. The smallest absolute Gasteiger partial charge is 0.343 e. The summed E-state index contributed by atoms with van der Waals surface area (Å²) < 4.78 is 29.8. The van der Waals surface area contributed by atoms with E-state index in [1.54, 1.807) is 12.1 Å². The molecule has 6 aliphatic rings. The van der Waals surface area contributed by atoms with Gasteiger partial charge in [0.2, 0.25) is 11.9 Å². The third-order valence-electron chi connectivity index (χ3n) is 10.2. The number of rotatable bonds is 2. The van der Waals surface area contributed by atoms with Gasteiger partial charge in [-0.25, -0.2) is 9.59 Å². The molecule has 0 radical (unpaired) electrons. The van der Waals surface area contributed by atoms with Crippen molar-refractivity contribution in [3.63, 3.8) is 0 Å². The maximum atomic E-state index is 13.9. The van der Waals surface area contributed by atoms with E-state index in [2.05, 4.69) is 0 Å². The van der Waals surface area contributed by atoms with Crippen molar-refractivity contribution in [3.8, 4) is 5.75 Å². The lowest BCUT2D eigenvalue weighted by Gasteiger charge is -2.47. The second-order valence-electron chi connectivity index (χ2n) is 12.7. The van der Waals surface area contributed by atoms with Crippen molar-refractivity contribution in [2.75, 3.05) is 0 Å². The summed E-state index contributed by atoms with van der Waals surface area (Å²) in [5.74, 6) is -4.48. The summed E-state index contributed by atoms with van der Waals surface area (Å²) in [6.07, 6.45) is -9.00. The Bertz CT molecular complexity index is 1290. The summed E-state index contributed by atoms with van der Waals surface area (Å²) >= 11 is 0. The van der Waals surface area contributed by atoms with Crippen LogP contribution in [-0.2, 0) is 33.3 Å². The van der Waals surface area contributed by atoms with Crippen LogP contribution in [0.4, 0.5) is 0 Å². The van der Waals surface area contributed by atoms with Gasteiger partial charge in [0.1, 0.15) is 18.0 Å². The van der Waals surface area contributed by atoms with Crippen molar-refractivity contribution in [2.45, 2.75) is 82.6 Å². The first-order valence-electron chi connectivity index (χ1n) is 12.8. The molecule has 11 heteroatoms. The van der Waals surface area contributed by atoms with Gasteiger partial charge in [-0.05, 0) is 31.4 Å². The summed E-state index contributed by atoms with van der Waals surface area (Å²) in [5.41, 5.74) is -8.22. The van der Waals surface area contributed by atoms with E-state index in [4.69, 9.17) is 23.7 Å². The van der Waals surface area contributed by atoms with Gasteiger partial charge < -0.3 is 39.0 Å². The van der Waals surface area contributed by atoms with Crippen LogP contribution in [0.2, 0.25) is 0 Å². The summed E-state index contributed by atoms with van der Waals surface area (Å²) in [4.78, 5) is 39.6. The quantitative estimate of drug-likeness (QED) is 0.349. The second kappa shape index (κ2) is 6.70.